The summed E-state index contributed by atoms with van der Waals surface area (Å²) in [5.41, 5.74) is 2.62. The van der Waals surface area contributed by atoms with Crippen LogP contribution in [0, 0.1) is 0 Å². The molecule has 0 unspecified atom stereocenters. The van der Waals surface area contributed by atoms with Crippen molar-refractivity contribution >= 4 is 23.4 Å². The van der Waals surface area contributed by atoms with Gasteiger partial charge in [0.1, 0.15) is 0 Å². The number of benzene rings is 2. The van der Waals surface area contributed by atoms with Gasteiger partial charge in [-0.3, -0.25) is 9.69 Å². The van der Waals surface area contributed by atoms with Crippen molar-refractivity contribution in [3.63, 3.8) is 0 Å². The number of fused-ring (bicyclic) bond motifs is 3. The topological polar surface area (TPSA) is 68.2 Å². The van der Waals surface area contributed by atoms with Crippen molar-refractivity contribution in [2.45, 2.75) is 18.3 Å². The minimum atomic E-state index is -0.545. The second kappa shape index (κ2) is 6.76. The van der Waals surface area contributed by atoms with E-state index in [0.717, 1.165) is 11.3 Å². The molecule has 0 spiro atoms. The van der Waals surface area contributed by atoms with Crippen molar-refractivity contribution in [3.8, 4) is 17.1 Å². The van der Waals surface area contributed by atoms with Gasteiger partial charge in [0.15, 0.2) is 11.9 Å². The van der Waals surface area contributed by atoms with Gasteiger partial charge in [0.25, 0.3) is 5.91 Å². The van der Waals surface area contributed by atoms with Crippen molar-refractivity contribution in [1.82, 2.24) is 15.2 Å². The van der Waals surface area contributed by atoms with Crippen molar-refractivity contribution in [1.29, 1.82) is 0 Å². The minimum absolute atomic E-state index is 0.142. The predicted molar refractivity (Wildman–Crippen MR) is 100 cm³/mol. The molecule has 0 fully saturated rings. The van der Waals surface area contributed by atoms with Gasteiger partial charge in [0, 0.05) is 11.1 Å². The molecule has 0 saturated heterocycles. The molecular weight excluding hydrogens is 348 g/mol. The lowest BCUT2D eigenvalue weighted by Gasteiger charge is -2.28. The molecule has 6 nitrogen and oxygen atoms in total. The molecule has 0 aliphatic carbocycles. The number of amides is 1. The first-order valence-corrected chi connectivity index (χ1v) is 9.35. The monoisotopic (exact) mass is 364 g/mol. The summed E-state index contributed by atoms with van der Waals surface area (Å²) in [4.78, 5) is 19.3. The molecule has 2 aromatic carbocycles. The zero-order chi connectivity index (χ0) is 18.1. The third kappa shape index (κ3) is 2.80. The lowest BCUT2D eigenvalue weighted by molar-refractivity contribution is 0.0924. The van der Waals surface area contributed by atoms with Crippen LogP contribution >= 0.6 is 11.8 Å². The molecule has 2 heterocycles. The van der Waals surface area contributed by atoms with Crippen LogP contribution in [0.2, 0.25) is 0 Å². The van der Waals surface area contributed by atoms with Crippen LogP contribution < -0.4 is 9.64 Å². The first-order valence-electron chi connectivity index (χ1n) is 8.12. The van der Waals surface area contributed by atoms with Gasteiger partial charge in [0.2, 0.25) is 11.0 Å². The van der Waals surface area contributed by atoms with Gasteiger partial charge in [-0.2, -0.15) is 4.98 Å². The third-order valence-corrected chi connectivity index (χ3v) is 4.66. The van der Waals surface area contributed by atoms with E-state index in [4.69, 9.17) is 4.74 Å². The molecule has 26 heavy (non-hydrogen) atoms. The minimum Gasteiger partial charge on any atom is -0.452 e. The molecule has 1 aromatic heterocycles. The van der Waals surface area contributed by atoms with E-state index < -0.39 is 6.23 Å². The molecule has 0 radical (unpaired) electrons. The molecule has 1 atom stereocenters. The molecule has 3 aromatic rings. The normalized spacial score (nSPS) is 15.5. The summed E-state index contributed by atoms with van der Waals surface area (Å²) in [5.74, 6) is 0.240. The highest BCUT2D eigenvalue weighted by Crippen LogP contribution is 2.39. The van der Waals surface area contributed by atoms with E-state index in [1.165, 1.54) is 11.8 Å². The fourth-order valence-electron chi connectivity index (χ4n) is 2.92. The van der Waals surface area contributed by atoms with E-state index in [2.05, 4.69) is 15.2 Å². The number of anilines is 1. The summed E-state index contributed by atoms with van der Waals surface area (Å²) in [6, 6.07) is 16.7. The number of carbonyl (C=O) groups excluding carboxylic acids is 1. The molecule has 1 aliphatic heterocycles. The smallest absolute Gasteiger partial charge is 0.261 e. The Morgan fingerprint density at radius 3 is 2.58 bits per heavy atom. The Morgan fingerprint density at radius 2 is 1.81 bits per heavy atom. The third-order valence-electron chi connectivity index (χ3n) is 4.12. The average Bonchev–Trinajstić information content (AvgIpc) is 2.81. The van der Waals surface area contributed by atoms with Gasteiger partial charge in [-0.25, -0.2) is 0 Å². The quantitative estimate of drug-likeness (QED) is 0.647. The number of rotatable bonds is 2. The van der Waals surface area contributed by atoms with Gasteiger partial charge >= 0.3 is 0 Å². The molecule has 1 amide bonds. The van der Waals surface area contributed by atoms with Gasteiger partial charge in [-0.1, -0.05) is 48.2 Å². The van der Waals surface area contributed by atoms with Gasteiger partial charge in [-0.05, 0) is 31.4 Å². The number of hydrogen-bond donors (Lipinski definition) is 0. The second-order valence-electron chi connectivity index (χ2n) is 5.73. The van der Waals surface area contributed by atoms with Crippen LogP contribution in [0.25, 0.3) is 11.3 Å². The highest BCUT2D eigenvalue weighted by atomic mass is 32.2. The van der Waals surface area contributed by atoms with Gasteiger partial charge < -0.3 is 4.74 Å². The number of aromatic nitrogens is 3. The van der Waals surface area contributed by atoms with Crippen molar-refractivity contribution in [2.24, 2.45) is 0 Å². The lowest BCUT2D eigenvalue weighted by atomic mass is 10.1. The van der Waals surface area contributed by atoms with E-state index in [0.29, 0.717) is 22.3 Å². The Morgan fingerprint density at radius 1 is 1.08 bits per heavy atom. The van der Waals surface area contributed by atoms with Crippen LogP contribution in [0.1, 0.15) is 17.3 Å². The van der Waals surface area contributed by atoms with E-state index >= 15 is 0 Å². The van der Waals surface area contributed by atoms with Crippen LogP contribution in [0.4, 0.5) is 5.69 Å². The summed E-state index contributed by atoms with van der Waals surface area (Å²) < 4.78 is 6.02. The van der Waals surface area contributed by atoms with Crippen LogP contribution in [0.15, 0.2) is 59.8 Å². The number of para-hydroxylation sites is 1. The predicted octanol–water partition coefficient (Wildman–Crippen LogP) is 3.65. The van der Waals surface area contributed by atoms with Crippen LogP contribution in [0.3, 0.4) is 0 Å². The van der Waals surface area contributed by atoms with E-state index in [9.17, 15) is 4.79 Å². The maximum Gasteiger partial charge on any atom is 0.261 e. The average molecular weight is 364 g/mol. The Hall–Kier alpha value is -2.93. The maximum atomic E-state index is 13.2. The number of ether oxygens (including phenoxy) is 1. The van der Waals surface area contributed by atoms with E-state index in [1.807, 2.05) is 55.6 Å². The zero-order valence-electron chi connectivity index (χ0n) is 14.3. The molecule has 1 aliphatic rings. The second-order valence-corrected chi connectivity index (χ2v) is 6.50. The van der Waals surface area contributed by atoms with E-state index in [-0.39, 0.29) is 5.91 Å². The van der Waals surface area contributed by atoms with Crippen LogP contribution in [0.5, 0.6) is 5.88 Å². The van der Waals surface area contributed by atoms with Crippen molar-refractivity contribution in [3.05, 3.63) is 60.2 Å². The molecule has 4 rings (SSSR count). The first kappa shape index (κ1) is 16.5. The number of carbonyl (C=O) groups is 1. The molecule has 0 bridgehead atoms. The van der Waals surface area contributed by atoms with Gasteiger partial charge in [0.05, 0.1) is 5.69 Å². The van der Waals surface area contributed by atoms with E-state index in [1.54, 1.807) is 17.0 Å². The standard InChI is InChI=1S/C19H16N4O2S/c1-12-23(18(24)13-8-4-3-5-9-13)15-11-7-6-10-14(15)16-17(25-12)20-19(26-2)22-21-16/h3-12H,1-2H3/t12-/m0/s1. The Kier molecular flexibility index (Phi) is 4.30. The highest BCUT2D eigenvalue weighted by Gasteiger charge is 2.32. The van der Waals surface area contributed by atoms with Crippen molar-refractivity contribution in [2.75, 3.05) is 11.2 Å². The Labute approximate surface area is 155 Å². The fourth-order valence-corrected chi connectivity index (χ4v) is 3.22. The van der Waals surface area contributed by atoms with Gasteiger partial charge in [-0.15, -0.1) is 10.2 Å². The summed E-state index contributed by atoms with van der Waals surface area (Å²) in [6.07, 6.45) is 1.33. The summed E-state index contributed by atoms with van der Waals surface area (Å²) >= 11 is 1.39. The largest absolute Gasteiger partial charge is 0.452 e. The zero-order valence-corrected chi connectivity index (χ0v) is 15.1. The Balaban J connectivity index is 1.87. The molecule has 0 N–H and O–H groups in total. The molecule has 7 heteroatoms. The SMILES string of the molecule is CSc1nnc2c(n1)O[C@@H](C)N(C(=O)c1ccccc1)c1ccccc1-2. The number of hydrogen-bond acceptors (Lipinski definition) is 6. The Bertz CT molecular complexity index is 965. The van der Waals surface area contributed by atoms with Crippen molar-refractivity contribution < 1.29 is 9.53 Å². The maximum absolute atomic E-state index is 13.2. The molecular formula is C19H16N4O2S. The number of thioether (sulfide) groups is 1. The summed E-state index contributed by atoms with van der Waals surface area (Å²) in [6.45, 7) is 1.83. The molecule has 0 saturated carbocycles. The summed E-state index contributed by atoms with van der Waals surface area (Å²) in [7, 11) is 0. The molecule has 130 valence electrons. The highest BCUT2D eigenvalue weighted by molar-refractivity contribution is 7.98. The van der Waals surface area contributed by atoms with Crippen LogP contribution in [-0.4, -0.2) is 33.6 Å². The lowest BCUT2D eigenvalue weighted by Crippen LogP contribution is -2.41. The first-order chi connectivity index (χ1) is 12.7. The summed E-state index contributed by atoms with van der Waals surface area (Å²) in [5, 5.41) is 8.94. The fraction of sp³-hybridized carbons (Fsp3) is 0.158. The number of nitrogens with zero attached hydrogens (tertiary/aromatic N) is 4. The van der Waals surface area contributed by atoms with Crippen LogP contribution in [-0.2, 0) is 0 Å².